The second-order valence-corrected chi connectivity index (χ2v) is 5.18. The van der Waals surface area contributed by atoms with Crippen LogP contribution >= 0.6 is 0 Å². The van der Waals surface area contributed by atoms with Crippen molar-refractivity contribution in [2.24, 2.45) is 0 Å². The van der Waals surface area contributed by atoms with Gasteiger partial charge in [-0.25, -0.2) is 8.78 Å². The third-order valence-electron chi connectivity index (χ3n) is 3.34. The van der Waals surface area contributed by atoms with Crippen LogP contribution in [0.2, 0.25) is 0 Å². The summed E-state index contributed by atoms with van der Waals surface area (Å²) in [6.07, 6.45) is 0.539. The zero-order valence-electron chi connectivity index (χ0n) is 13.6. The fourth-order valence-electron chi connectivity index (χ4n) is 2.04. The lowest BCUT2D eigenvalue weighted by molar-refractivity contribution is -0.147. The fraction of sp³-hybridized carbons (Fsp3) is 0.222. The van der Waals surface area contributed by atoms with Gasteiger partial charge in [-0.05, 0) is 36.2 Å². The molecule has 0 aliphatic carbocycles. The zero-order chi connectivity index (χ0) is 18.2. The monoisotopic (exact) mass is 349 g/mol. The Morgan fingerprint density at radius 1 is 1.08 bits per heavy atom. The summed E-state index contributed by atoms with van der Waals surface area (Å²) in [4.78, 5) is 23.3. The van der Waals surface area contributed by atoms with Crippen molar-refractivity contribution < 1.29 is 27.8 Å². The Morgan fingerprint density at radius 2 is 1.80 bits per heavy atom. The highest BCUT2D eigenvalue weighted by Crippen LogP contribution is 2.15. The number of amides is 1. The van der Waals surface area contributed by atoms with E-state index >= 15 is 0 Å². The molecule has 2 aromatic rings. The number of ether oxygens (including phenoxy) is 2. The SMILES string of the molecule is COc1ccc(CCC(=O)OCC(=O)Nc2cc(F)ccc2F)cc1. The van der Waals surface area contributed by atoms with Crippen LogP contribution in [0.5, 0.6) is 5.75 Å². The molecule has 1 amide bonds. The van der Waals surface area contributed by atoms with Gasteiger partial charge in [-0.3, -0.25) is 9.59 Å². The minimum atomic E-state index is -0.777. The largest absolute Gasteiger partial charge is 0.497 e. The molecular weight excluding hydrogens is 332 g/mol. The Hall–Kier alpha value is -2.96. The molecule has 0 unspecified atom stereocenters. The predicted octanol–water partition coefficient (Wildman–Crippen LogP) is 3.09. The highest BCUT2D eigenvalue weighted by Gasteiger charge is 2.11. The van der Waals surface area contributed by atoms with Crippen LogP contribution in [0.15, 0.2) is 42.5 Å². The van der Waals surface area contributed by atoms with Gasteiger partial charge in [0.25, 0.3) is 5.91 Å². The number of carbonyl (C=O) groups excluding carboxylic acids is 2. The van der Waals surface area contributed by atoms with E-state index in [1.807, 2.05) is 12.1 Å². The average molecular weight is 349 g/mol. The normalized spacial score (nSPS) is 10.2. The Balaban J connectivity index is 1.75. The van der Waals surface area contributed by atoms with Crippen LogP contribution in [0, 0.1) is 11.6 Å². The second kappa shape index (κ2) is 8.77. The first-order chi connectivity index (χ1) is 12.0. The van der Waals surface area contributed by atoms with E-state index in [0.29, 0.717) is 12.2 Å². The van der Waals surface area contributed by atoms with E-state index in [0.717, 1.165) is 23.8 Å². The molecule has 132 valence electrons. The summed E-state index contributed by atoms with van der Waals surface area (Å²) in [5, 5.41) is 2.15. The summed E-state index contributed by atoms with van der Waals surface area (Å²) < 4.78 is 36.3. The maximum atomic E-state index is 13.4. The molecule has 0 aromatic heterocycles. The van der Waals surface area contributed by atoms with Crippen LogP contribution in [-0.2, 0) is 20.7 Å². The van der Waals surface area contributed by atoms with Crippen LogP contribution in [0.25, 0.3) is 0 Å². The van der Waals surface area contributed by atoms with Crippen molar-refractivity contribution in [3.05, 3.63) is 59.7 Å². The Labute approximate surface area is 143 Å². The van der Waals surface area contributed by atoms with Gasteiger partial charge in [-0.15, -0.1) is 0 Å². The van der Waals surface area contributed by atoms with Crippen LogP contribution in [0.3, 0.4) is 0 Å². The molecule has 0 atom stereocenters. The number of benzene rings is 2. The van der Waals surface area contributed by atoms with Gasteiger partial charge < -0.3 is 14.8 Å². The van der Waals surface area contributed by atoms with Crippen molar-refractivity contribution >= 4 is 17.6 Å². The first-order valence-corrected chi connectivity index (χ1v) is 7.51. The molecule has 0 spiro atoms. The molecule has 2 rings (SSSR count). The van der Waals surface area contributed by atoms with Gasteiger partial charge in [0.2, 0.25) is 0 Å². The number of methoxy groups -OCH3 is 1. The predicted molar refractivity (Wildman–Crippen MR) is 87.3 cm³/mol. The molecule has 0 saturated carbocycles. The molecule has 0 bridgehead atoms. The zero-order valence-corrected chi connectivity index (χ0v) is 13.6. The van der Waals surface area contributed by atoms with Gasteiger partial charge >= 0.3 is 5.97 Å². The van der Waals surface area contributed by atoms with E-state index in [-0.39, 0.29) is 12.1 Å². The van der Waals surface area contributed by atoms with Crippen molar-refractivity contribution in [2.45, 2.75) is 12.8 Å². The van der Waals surface area contributed by atoms with E-state index in [1.54, 1.807) is 19.2 Å². The lowest BCUT2D eigenvalue weighted by atomic mass is 10.1. The van der Waals surface area contributed by atoms with Gasteiger partial charge in [0.05, 0.1) is 12.8 Å². The smallest absolute Gasteiger partial charge is 0.306 e. The minimum absolute atomic E-state index is 0.0912. The first-order valence-electron chi connectivity index (χ1n) is 7.51. The number of aryl methyl sites for hydroxylation is 1. The summed E-state index contributed by atoms with van der Waals surface area (Å²) in [5.74, 6) is -2.06. The van der Waals surface area contributed by atoms with Crippen LogP contribution < -0.4 is 10.1 Å². The number of rotatable bonds is 7. The average Bonchev–Trinajstić information content (AvgIpc) is 2.61. The molecule has 0 aliphatic rings. The van der Waals surface area contributed by atoms with Gasteiger partial charge in [0, 0.05) is 12.5 Å². The lowest BCUT2D eigenvalue weighted by Gasteiger charge is -2.08. The number of anilines is 1. The van der Waals surface area contributed by atoms with Gasteiger partial charge in [-0.1, -0.05) is 12.1 Å². The molecule has 0 radical (unpaired) electrons. The van der Waals surface area contributed by atoms with Crippen LogP contribution in [0.1, 0.15) is 12.0 Å². The molecule has 0 heterocycles. The molecule has 0 fully saturated rings. The van der Waals surface area contributed by atoms with E-state index in [9.17, 15) is 18.4 Å². The summed E-state index contributed by atoms with van der Waals surface area (Å²) in [5.41, 5.74) is 0.614. The van der Waals surface area contributed by atoms with Gasteiger partial charge in [0.1, 0.15) is 17.4 Å². The molecule has 1 N–H and O–H groups in total. The number of hydrogen-bond acceptors (Lipinski definition) is 4. The first kappa shape index (κ1) is 18.4. The van der Waals surface area contributed by atoms with Crippen molar-refractivity contribution in [3.63, 3.8) is 0 Å². The molecule has 2 aromatic carbocycles. The van der Waals surface area contributed by atoms with Crippen molar-refractivity contribution in [2.75, 3.05) is 19.0 Å². The molecule has 7 heteroatoms. The third kappa shape index (κ3) is 5.87. The number of carbonyl (C=O) groups is 2. The summed E-state index contributed by atoms with van der Waals surface area (Å²) in [6.45, 7) is -0.572. The van der Waals surface area contributed by atoms with Gasteiger partial charge in [0.15, 0.2) is 6.61 Å². The summed E-state index contributed by atoms with van der Waals surface area (Å²) in [7, 11) is 1.56. The summed E-state index contributed by atoms with van der Waals surface area (Å²) >= 11 is 0. The van der Waals surface area contributed by atoms with Crippen molar-refractivity contribution in [3.8, 4) is 5.75 Å². The number of halogens is 2. The molecule has 5 nitrogen and oxygen atoms in total. The Kier molecular flexibility index (Phi) is 6.45. The molecule has 0 saturated heterocycles. The highest BCUT2D eigenvalue weighted by molar-refractivity contribution is 5.92. The quantitative estimate of drug-likeness (QED) is 0.780. The van der Waals surface area contributed by atoms with E-state index in [1.165, 1.54) is 0 Å². The molecule has 25 heavy (non-hydrogen) atoms. The fourth-order valence-corrected chi connectivity index (χ4v) is 2.04. The van der Waals surface area contributed by atoms with Crippen molar-refractivity contribution in [1.82, 2.24) is 0 Å². The third-order valence-corrected chi connectivity index (χ3v) is 3.34. The number of esters is 1. The second-order valence-electron chi connectivity index (χ2n) is 5.18. The van der Waals surface area contributed by atoms with Crippen LogP contribution in [0.4, 0.5) is 14.5 Å². The highest BCUT2D eigenvalue weighted by atomic mass is 19.1. The maximum absolute atomic E-state index is 13.4. The van der Waals surface area contributed by atoms with E-state index in [2.05, 4.69) is 5.32 Å². The molecule has 0 aliphatic heterocycles. The standard InChI is InChI=1S/C18H17F2NO4/c1-24-14-6-2-12(3-7-14)4-9-18(23)25-11-17(22)21-16-10-13(19)5-8-15(16)20/h2-3,5-8,10H,4,9,11H2,1H3,(H,21,22). The topological polar surface area (TPSA) is 64.6 Å². The Bertz CT molecular complexity index is 747. The van der Waals surface area contributed by atoms with Gasteiger partial charge in [-0.2, -0.15) is 0 Å². The number of hydrogen-bond donors (Lipinski definition) is 1. The summed E-state index contributed by atoms with van der Waals surface area (Å²) in [6, 6.07) is 9.88. The van der Waals surface area contributed by atoms with E-state index in [4.69, 9.17) is 9.47 Å². The number of nitrogens with one attached hydrogen (secondary N) is 1. The Morgan fingerprint density at radius 3 is 2.48 bits per heavy atom. The van der Waals surface area contributed by atoms with E-state index < -0.39 is 30.1 Å². The molecular formula is C18H17F2NO4. The minimum Gasteiger partial charge on any atom is -0.497 e. The van der Waals surface area contributed by atoms with Crippen molar-refractivity contribution in [1.29, 1.82) is 0 Å². The maximum Gasteiger partial charge on any atom is 0.306 e. The lowest BCUT2D eigenvalue weighted by Crippen LogP contribution is -2.21. The van der Waals surface area contributed by atoms with Crippen LogP contribution in [-0.4, -0.2) is 25.6 Å².